The van der Waals surface area contributed by atoms with E-state index in [1.165, 1.54) is 0 Å². The van der Waals surface area contributed by atoms with Gasteiger partial charge in [0, 0.05) is 31.4 Å². The smallest absolute Gasteiger partial charge is 0.259 e. The van der Waals surface area contributed by atoms with E-state index in [0.717, 1.165) is 31.7 Å². The van der Waals surface area contributed by atoms with E-state index in [-0.39, 0.29) is 6.10 Å². The molecule has 1 unspecified atom stereocenters. The number of anilines is 1. The summed E-state index contributed by atoms with van der Waals surface area (Å²) < 4.78 is 14.7. The number of rotatable bonds is 10. The number of hydrogen-bond acceptors (Lipinski definition) is 7. The minimum absolute atomic E-state index is 0.144. The summed E-state index contributed by atoms with van der Waals surface area (Å²) in [6.45, 7) is 14.5. The lowest BCUT2D eigenvalue weighted by Gasteiger charge is -2.39. The van der Waals surface area contributed by atoms with Gasteiger partial charge in [0.15, 0.2) is 5.82 Å². The Hall–Kier alpha value is -1.58. The van der Waals surface area contributed by atoms with Gasteiger partial charge in [0.05, 0.1) is 25.2 Å². The van der Waals surface area contributed by atoms with Crippen LogP contribution in [-0.4, -0.2) is 52.5 Å². The number of nitriles is 1. The van der Waals surface area contributed by atoms with Crippen molar-refractivity contribution in [3.8, 4) is 6.07 Å². The highest BCUT2D eigenvalue weighted by atomic mass is 31.2. The van der Waals surface area contributed by atoms with Crippen LogP contribution in [-0.2, 0) is 9.05 Å². The third-order valence-corrected chi connectivity index (χ3v) is 6.69. The Morgan fingerprint density at radius 2 is 2.04 bits per heavy atom. The van der Waals surface area contributed by atoms with Gasteiger partial charge in [-0.05, 0) is 52.7 Å². The third kappa shape index (κ3) is 6.49. The minimum Gasteiger partial charge on any atom is -0.356 e. The highest BCUT2D eigenvalue weighted by Gasteiger charge is 2.31. The molecular formula is C20H32N5O2P. The van der Waals surface area contributed by atoms with Crippen molar-refractivity contribution in [3.63, 3.8) is 0 Å². The molecule has 1 aromatic rings. The fraction of sp³-hybridized carbons (Fsp3) is 0.650. The lowest BCUT2D eigenvalue weighted by molar-refractivity contribution is 0.116. The normalized spacial score (nSPS) is 16.6. The van der Waals surface area contributed by atoms with E-state index in [1.807, 2.05) is 6.07 Å². The van der Waals surface area contributed by atoms with Gasteiger partial charge in [0.2, 0.25) is 0 Å². The van der Waals surface area contributed by atoms with Crippen LogP contribution in [0.2, 0.25) is 0 Å². The lowest BCUT2D eigenvalue weighted by Crippen LogP contribution is -2.39. The van der Waals surface area contributed by atoms with E-state index in [9.17, 15) is 0 Å². The summed E-state index contributed by atoms with van der Waals surface area (Å²) in [4.78, 5) is 11.0. The molecule has 7 nitrogen and oxygen atoms in total. The van der Waals surface area contributed by atoms with Crippen LogP contribution >= 0.6 is 8.53 Å². The van der Waals surface area contributed by atoms with Crippen LogP contribution < -0.4 is 4.90 Å². The Labute approximate surface area is 170 Å². The van der Waals surface area contributed by atoms with Crippen LogP contribution in [0.5, 0.6) is 0 Å². The highest BCUT2D eigenvalue weighted by molar-refractivity contribution is 7.44. The van der Waals surface area contributed by atoms with Crippen molar-refractivity contribution in [3.05, 3.63) is 24.7 Å². The van der Waals surface area contributed by atoms with Crippen molar-refractivity contribution in [2.45, 2.75) is 65.1 Å². The lowest BCUT2D eigenvalue weighted by atomic mass is 10.1. The van der Waals surface area contributed by atoms with Gasteiger partial charge in [-0.1, -0.05) is 6.58 Å². The van der Waals surface area contributed by atoms with Gasteiger partial charge >= 0.3 is 0 Å². The summed E-state index contributed by atoms with van der Waals surface area (Å²) in [5, 5.41) is 8.83. The first-order chi connectivity index (χ1) is 13.5. The predicted molar refractivity (Wildman–Crippen MR) is 114 cm³/mol. The van der Waals surface area contributed by atoms with Crippen molar-refractivity contribution in [1.29, 1.82) is 5.26 Å². The van der Waals surface area contributed by atoms with E-state index < -0.39 is 8.53 Å². The third-order valence-electron chi connectivity index (χ3n) is 4.51. The average molecular weight is 405 g/mol. The molecule has 1 saturated heterocycles. The van der Waals surface area contributed by atoms with Crippen molar-refractivity contribution in [2.24, 2.45) is 0 Å². The summed E-state index contributed by atoms with van der Waals surface area (Å²) >= 11 is 0. The summed E-state index contributed by atoms with van der Waals surface area (Å²) in [6.07, 6.45) is 5.79. The SMILES string of the molecule is C=Cc1nccc(N2CCC(OP(OCCC#N)N(C(C)C)C(C)C)CC2)n1. The van der Waals surface area contributed by atoms with Crippen molar-refractivity contribution < 1.29 is 9.05 Å². The quantitative estimate of drug-likeness (QED) is 0.422. The molecule has 0 saturated carbocycles. The molecule has 2 rings (SSSR count). The first-order valence-corrected chi connectivity index (χ1v) is 11.0. The number of aromatic nitrogens is 2. The molecular weight excluding hydrogens is 373 g/mol. The summed E-state index contributed by atoms with van der Waals surface area (Å²) in [5.74, 6) is 1.58. The number of nitrogens with zero attached hydrogens (tertiary/aromatic N) is 5. The molecule has 2 heterocycles. The molecule has 0 spiro atoms. The van der Waals surface area contributed by atoms with Gasteiger partial charge in [-0.2, -0.15) is 5.26 Å². The van der Waals surface area contributed by atoms with Gasteiger partial charge in [0.25, 0.3) is 8.53 Å². The van der Waals surface area contributed by atoms with Gasteiger partial charge in [-0.3, -0.25) is 0 Å². The molecule has 1 aliphatic heterocycles. The molecule has 0 amide bonds. The minimum atomic E-state index is -1.19. The molecule has 0 bridgehead atoms. The maximum Gasteiger partial charge on any atom is 0.259 e. The Morgan fingerprint density at radius 1 is 1.36 bits per heavy atom. The highest BCUT2D eigenvalue weighted by Crippen LogP contribution is 2.48. The van der Waals surface area contributed by atoms with Gasteiger partial charge in [-0.25, -0.2) is 14.6 Å². The molecule has 154 valence electrons. The second-order valence-electron chi connectivity index (χ2n) is 7.32. The first-order valence-electron chi connectivity index (χ1n) is 9.91. The van der Waals surface area contributed by atoms with Crippen molar-refractivity contribution >= 4 is 20.4 Å². The molecule has 0 N–H and O–H groups in total. The van der Waals surface area contributed by atoms with E-state index in [1.54, 1.807) is 12.3 Å². The molecule has 0 aliphatic carbocycles. The van der Waals surface area contributed by atoms with Crippen LogP contribution in [0.4, 0.5) is 5.82 Å². The first kappa shape index (κ1) is 22.7. The van der Waals surface area contributed by atoms with E-state index in [4.69, 9.17) is 14.3 Å². The topological polar surface area (TPSA) is 74.5 Å². The molecule has 1 atom stereocenters. The Morgan fingerprint density at radius 3 is 2.61 bits per heavy atom. The molecule has 0 aromatic carbocycles. The van der Waals surface area contributed by atoms with Gasteiger partial charge in [-0.15, -0.1) is 0 Å². The zero-order chi connectivity index (χ0) is 20.5. The Bertz CT molecular complexity index is 648. The van der Waals surface area contributed by atoms with Crippen LogP contribution in [0.25, 0.3) is 6.08 Å². The fourth-order valence-electron chi connectivity index (χ4n) is 3.25. The monoisotopic (exact) mass is 405 g/mol. The van der Waals surface area contributed by atoms with Crippen molar-refractivity contribution in [1.82, 2.24) is 14.6 Å². The average Bonchev–Trinajstić information content (AvgIpc) is 2.68. The molecule has 28 heavy (non-hydrogen) atoms. The maximum atomic E-state index is 8.83. The van der Waals surface area contributed by atoms with Gasteiger partial charge < -0.3 is 13.9 Å². The largest absolute Gasteiger partial charge is 0.356 e. The standard InChI is InChI=1S/C20H32N5O2P/c1-6-19-22-12-8-20(23-19)24-13-9-18(10-14-24)27-28(26-15-7-11-21)25(16(2)3)17(4)5/h6,8,12,16-18H,1,7,9-10,13-15H2,2-5H3. The molecule has 1 fully saturated rings. The Kier molecular flexibility index (Phi) is 9.27. The zero-order valence-corrected chi connectivity index (χ0v) is 18.3. The summed E-state index contributed by atoms with van der Waals surface area (Å²) in [6, 6.07) is 4.70. The van der Waals surface area contributed by atoms with Gasteiger partial charge in [0.1, 0.15) is 5.82 Å². The molecule has 1 aliphatic rings. The second-order valence-corrected chi connectivity index (χ2v) is 8.72. The summed E-state index contributed by atoms with van der Waals surface area (Å²) in [7, 11) is -1.19. The second kappa shape index (κ2) is 11.4. The van der Waals surface area contributed by atoms with Crippen LogP contribution in [0.3, 0.4) is 0 Å². The predicted octanol–water partition coefficient (Wildman–Crippen LogP) is 4.38. The Balaban J connectivity index is 1.97. The maximum absolute atomic E-state index is 8.83. The summed E-state index contributed by atoms with van der Waals surface area (Å²) in [5.41, 5.74) is 0. The van der Waals surface area contributed by atoms with E-state index in [0.29, 0.717) is 30.9 Å². The van der Waals surface area contributed by atoms with Crippen LogP contribution in [0.1, 0.15) is 52.8 Å². The van der Waals surface area contributed by atoms with E-state index >= 15 is 0 Å². The van der Waals surface area contributed by atoms with Crippen LogP contribution in [0, 0.1) is 11.3 Å². The number of piperidine rings is 1. The van der Waals surface area contributed by atoms with Crippen LogP contribution in [0.15, 0.2) is 18.8 Å². The molecule has 8 heteroatoms. The zero-order valence-electron chi connectivity index (χ0n) is 17.4. The fourth-order valence-corrected chi connectivity index (χ4v) is 5.02. The van der Waals surface area contributed by atoms with E-state index in [2.05, 4.69) is 59.9 Å². The number of hydrogen-bond donors (Lipinski definition) is 0. The molecule has 1 aromatic heterocycles. The molecule has 0 radical (unpaired) electrons. The van der Waals surface area contributed by atoms with Crippen molar-refractivity contribution in [2.75, 3.05) is 24.6 Å².